The van der Waals surface area contributed by atoms with Gasteiger partial charge in [-0.3, -0.25) is 4.79 Å². The molecule has 0 fully saturated rings. The van der Waals surface area contributed by atoms with Gasteiger partial charge in [0.2, 0.25) is 5.91 Å². The van der Waals surface area contributed by atoms with E-state index in [0.717, 1.165) is 23.4 Å². The topological polar surface area (TPSA) is 41.1 Å². The standard InChI is InChI=1S/C15H11BrF2N2O/c16-10-5-12(18)14(6-11(10)17)20-15(21)9-7-19-13-4-2-1-3-8(9)13/h1-6,9,19H,7H2,(H,20,21). The van der Waals surface area contributed by atoms with Crippen molar-refractivity contribution < 1.29 is 13.6 Å². The number of carbonyl (C=O) groups is 1. The third kappa shape index (κ3) is 2.63. The summed E-state index contributed by atoms with van der Waals surface area (Å²) in [6.45, 7) is 0.436. The number of carbonyl (C=O) groups excluding carboxylic acids is 1. The molecule has 0 radical (unpaired) electrons. The first kappa shape index (κ1) is 14.0. The van der Waals surface area contributed by atoms with E-state index in [4.69, 9.17) is 0 Å². The van der Waals surface area contributed by atoms with Crippen LogP contribution in [0.4, 0.5) is 20.2 Å². The quantitative estimate of drug-likeness (QED) is 0.805. The molecule has 1 amide bonds. The van der Waals surface area contributed by atoms with Crippen LogP contribution >= 0.6 is 15.9 Å². The van der Waals surface area contributed by atoms with Crippen LogP contribution in [0.2, 0.25) is 0 Å². The second-order valence-corrected chi connectivity index (χ2v) is 5.61. The minimum absolute atomic E-state index is 0.0193. The molecule has 3 nitrogen and oxygen atoms in total. The smallest absolute Gasteiger partial charge is 0.233 e. The van der Waals surface area contributed by atoms with Crippen LogP contribution in [0.15, 0.2) is 40.9 Å². The van der Waals surface area contributed by atoms with Gasteiger partial charge in [-0.1, -0.05) is 18.2 Å². The summed E-state index contributed by atoms with van der Waals surface area (Å²) in [5.41, 5.74) is 1.58. The number of nitrogens with one attached hydrogen (secondary N) is 2. The van der Waals surface area contributed by atoms with E-state index in [1.807, 2.05) is 24.3 Å². The molecule has 0 aromatic heterocycles. The normalized spacial score (nSPS) is 16.2. The molecule has 1 unspecified atom stereocenters. The summed E-state index contributed by atoms with van der Waals surface area (Å²) in [5, 5.41) is 5.56. The van der Waals surface area contributed by atoms with Crippen molar-refractivity contribution in [1.29, 1.82) is 0 Å². The van der Waals surface area contributed by atoms with Crippen LogP contribution in [0.25, 0.3) is 0 Å². The second-order valence-electron chi connectivity index (χ2n) is 4.76. The fourth-order valence-electron chi connectivity index (χ4n) is 2.36. The third-order valence-corrected chi connectivity index (χ3v) is 4.02. The average Bonchev–Trinajstić information content (AvgIpc) is 2.88. The molecule has 0 aliphatic carbocycles. The Labute approximate surface area is 128 Å². The van der Waals surface area contributed by atoms with Crippen molar-refractivity contribution in [3.8, 4) is 0 Å². The maximum atomic E-state index is 13.7. The van der Waals surface area contributed by atoms with Crippen molar-refractivity contribution in [2.45, 2.75) is 5.92 Å². The van der Waals surface area contributed by atoms with Crippen molar-refractivity contribution in [2.75, 3.05) is 17.2 Å². The van der Waals surface area contributed by atoms with E-state index >= 15 is 0 Å². The predicted molar refractivity (Wildman–Crippen MR) is 80.4 cm³/mol. The Morgan fingerprint density at radius 3 is 2.81 bits per heavy atom. The van der Waals surface area contributed by atoms with Crippen molar-refractivity contribution in [3.63, 3.8) is 0 Å². The molecule has 0 spiro atoms. The molecule has 0 bridgehead atoms. The molecule has 3 rings (SSSR count). The first-order chi connectivity index (χ1) is 10.1. The number of para-hydroxylation sites is 1. The zero-order valence-corrected chi connectivity index (χ0v) is 12.4. The van der Waals surface area contributed by atoms with Crippen LogP contribution in [0.3, 0.4) is 0 Å². The van der Waals surface area contributed by atoms with Gasteiger partial charge in [-0.15, -0.1) is 0 Å². The summed E-state index contributed by atoms with van der Waals surface area (Å²) in [6, 6.07) is 9.39. The van der Waals surface area contributed by atoms with E-state index in [1.54, 1.807) is 0 Å². The molecule has 2 aromatic rings. The fourth-order valence-corrected chi connectivity index (χ4v) is 2.67. The molecule has 1 atom stereocenters. The summed E-state index contributed by atoms with van der Waals surface area (Å²) < 4.78 is 27.2. The number of anilines is 2. The highest BCUT2D eigenvalue weighted by Gasteiger charge is 2.28. The number of benzene rings is 2. The number of halogens is 3. The Bertz CT molecular complexity index is 721. The maximum absolute atomic E-state index is 13.7. The van der Waals surface area contributed by atoms with Gasteiger partial charge >= 0.3 is 0 Å². The highest BCUT2D eigenvalue weighted by Crippen LogP contribution is 2.32. The van der Waals surface area contributed by atoms with Crippen LogP contribution in [-0.4, -0.2) is 12.5 Å². The minimum atomic E-state index is -0.684. The van der Waals surface area contributed by atoms with Crippen molar-refractivity contribution in [3.05, 3.63) is 58.1 Å². The summed E-state index contributed by atoms with van der Waals surface area (Å²) in [4.78, 5) is 12.3. The molecule has 1 aliphatic heterocycles. The summed E-state index contributed by atoms with van der Waals surface area (Å²) in [5.74, 6) is -2.10. The molecule has 21 heavy (non-hydrogen) atoms. The molecule has 2 N–H and O–H groups in total. The lowest BCUT2D eigenvalue weighted by Crippen LogP contribution is -2.23. The molecular formula is C15H11BrF2N2O. The van der Waals surface area contributed by atoms with Gasteiger partial charge in [-0.2, -0.15) is 0 Å². The van der Waals surface area contributed by atoms with Gasteiger partial charge in [0.25, 0.3) is 0 Å². The van der Waals surface area contributed by atoms with Gasteiger partial charge in [0, 0.05) is 18.3 Å². The molecule has 0 saturated heterocycles. The van der Waals surface area contributed by atoms with E-state index in [9.17, 15) is 13.6 Å². The van der Waals surface area contributed by atoms with Gasteiger partial charge in [-0.25, -0.2) is 8.78 Å². The molecule has 108 valence electrons. The zero-order valence-electron chi connectivity index (χ0n) is 10.8. The van der Waals surface area contributed by atoms with Crippen LogP contribution in [0.1, 0.15) is 11.5 Å². The summed E-state index contributed by atoms with van der Waals surface area (Å²) in [6.07, 6.45) is 0. The molecule has 1 heterocycles. The first-order valence-electron chi connectivity index (χ1n) is 6.34. The highest BCUT2D eigenvalue weighted by molar-refractivity contribution is 9.10. The van der Waals surface area contributed by atoms with E-state index in [-0.39, 0.29) is 16.1 Å². The number of amides is 1. The summed E-state index contributed by atoms with van der Waals surface area (Å²) in [7, 11) is 0. The van der Waals surface area contributed by atoms with Crippen LogP contribution in [0, 0.1) is 11.6 Å². The van der Waals surface area contributed by atoms with Gasteiger partial charge in [-0.05, 0) is 33.6 Å². The molecule has 0 saturated carbocycles. The Morgan fingerprint density at radius 1 is 1.24 bits per heavy atom. The van der Waals surface area contributed by atoms with E-state index in [0.29, 0.717) is 6.54 Å². The number of hydrogen-bond acceptors (Lipinski definition) is 2. The molecular weight excluding hydrogens is 342 g/mol. The third-order valence-electron chi connectivity index (χ3n) is 3.42. The highest BCUT2D eigenvalue weighted by atomic mass is 79.9. The number of fused-ring (bicyclic) bond motifs is 1. The number of rotatable bonds is 2. The second kappa shape index (κ2) is 5.44. The zero-order chi connectivity index (χ0) is 15.0. The Morgan fingerprint density at radius 2 is 2.00 bits per heavy atom. The van der Waals surface area contributed by atoms with Crippen molar-refractivity contribution in [2.24, 2.45) is 0 Å². The lowest BCUT2D eigenvalue weighted by atomic mass is 10.0. The van der Waals surface area contributed by atoms with Crippen LogP contribution in [0.5, 0.6) is 0 Å². The first-order valence-corrected chi connectivity index (χ1v) is 7.14. The van der Waals surface area contributed by atoms with Crippen molar-refractivity contribution in [1.82, 2.24) is 0 Å². The van der Waals surface area contributed by atoms with Crippen LogP contribution < -0.4 is 10.6 Å². The van der Waals surface area contributed by atoms with Gasteiger partial charge in [0.05, 0.1) is 16.1 Å². The van der Waals surface area contributed by atoms with Gasteiger partial charge in [0.1, 0.15) is 11.6 Å². The predicted octanol–water partition coefficient (Wildman–Crippen LogP) is 3.88. The molecule has 2 aromatic carbocycles. The SMILES string of the molecule is O=C(Nc1cc(F)c(Br)cc1F)C1CNc2ccccc21. The van der Waals surface area contributed by atoms with E-state index in [1.165, 1.54) is 0 Å². The minimum Gasteiger partial charge on any atom is -0.384 e. The Hall–Kier alpha value is -1.95. The monoisotopic (exact) mass is 352 g/mol. The molecule has 1 aliphatic rings. The maximum Gasteiger partial charge on any atom is 0.233 e. The fraction of sp³-hybridized carbons (Fsp3) is 0.133. The largest absolute Gasteiger partial charge is 0.384 e. The lowest BCUT2D eigenvalue weighted by molar-refractivity contribution is -0.117. The van der Waals surface area contributed by atoms with E-state index < -0.39 is 17.6 Å². The Kier molecular flexibility index (Phi) is 3.63. The Balaban J connectivity index is 1.84. The average molecular weight is 353 g/mol. The van der Waals surface area contributed by atoms with Gasteiger partial charge in [0.15, 0.2) is 0 Å². The van der Waals surface area contributed by atoms with Gasteiger partial charge < -0.3 is 10.6 Å². The number of hydrogen-bond donors (Lipinski definition) is 2. The summed E-state index contributed by atoms with van der Waals surface area (Å²) >= 11 is 2.90. The lowest BCUT2D eigenvalue weighted by Gasteiger charge is -2.12. The van der Waals surface area contributed by atoms with Crippen molar-refractivity contribution >= 4 is 33.2 Å². The molecule has 6 heteroatoms. The van der Waals surface area contributed by atoms with Crippen LogP contribution in [-0.2, 0) is 4.79 Å². The van der Waals surface area contributed by atoms with E-state index in [2.05, 4.69) is 26.6 Å².